The first-order valence-corrected chi connectivity index (χ1v) is 8.74. The highest BCUT2D eigenvalue weighted by molar-refractivity contribution is 5.83. The van der Waals surface area contributed by atoms with Gasteiger partial charge in [-0.3, -0.25) is 0 Å². The van der Waals surface area contributed by atoms with Crippen LogP contribution in [0.5, 0.6) is 0 Å². The second kappa shape index (κ2) is 7.07. The van der Waals surface area contributed by atoms with E-state index in [1.807, 2.05) is 6.07 Å². The minimum absolute atomic E-state index is 0.170. The van der Waals surface area contributed by atoms with Gasteiger partial charge < -0.3 is 15.3 Å². The molecule has 0 spiro atoms. The lowest BCUT2D eigenvalue weighted by atomic mass is 10.1. The van der Waals surface area contributed by atoms with E-state index in [4.69, 9.17) is 0 Å². The first-order chi connectivity index (χ1) is 12.3. The van der Waals surface area contributed by atoms with E-state index in [0.29, 0.717) is 6.54 Å². The van der Waals surface area contributed by atoms with Crippen LogP contribution in [0.4, 0.5) is 11.6 Å². The number of fused-ring (bicyclic) bond motifs is 1. The van der Waals surface area contributed by atoms with Gasteiger partial charge in [0.15, 0.2) is 0 Å². The Morgan fingerprint density at radius 1 is 1.08 bits per heavy atom. The van der Waals surface area contributed by atoms with Crippen LogP contribution in [0.2, 0.25) is 0 Å². The van der Waals surface area contributed by atoms with Crippen LogP contribution in [-0.2, 0) is 6.54 Å². The second-order valence-electron chi connectivity index (χ2n) is 6.47. The zero-order valence-electron chi connectivity index (χ0n) is 14.1. The molecule has 25 heavy (non-hydrogen) atoms. The molecule has 1 aliphatic heterocycles. The highest BCUT2D eigenvalue weighted by Crippen LogP contribution is 2.25. The fraction of sp³-hybridized carbons (Fsp3) is 0.300. The van der Waals surface area contributed by atoms with Crippen molar-refractivity contribution in [2.24, 2.45) is 0 Å². The van der Waals surface area contributed by atoms with Gasteiger partial charge in [-0.15, -0.1) is 0 Å². The van der Waals surface area contributed by atoms with Crippen LogP contribution in [0.15, 0.2) is 54.9 Å². The van der Waals surface area contributed by atoms with Gasteiger partial charge in [0.2, 0.25) is 0 Å². The van der Waals surface area contributed by atoms with Gasteiger partial charge in [0.1, 0.15) is 18.0 Å². The molecule has 2 heterocycles. The summed E-state index contributed by atoms with van der Waals surface area (Å²) in [7, 11) is 0. The Morgan fingerprint density at radius 2 is 1.96 bits per heavy atom. The van der Waals surface area contributed by atoms with Crippen LogP contribution in [0.1, 0.15) is 18.4 Å². The number of nitrogens with zero attached hydrogens (tertiary/aromatic N) is 3. The summed E-state index contributed by atoms with van der Waals surface area (Å²) in [4.78, 5) is 10.9. The van der Waals surface area contributed by atoms with Crippen molar-refractivity contribution in [3.05, 3.63) is 60.4 Å². The molecule has 5 nitrogen and oxygen atoms in total. The van der Waals surface area contributed by atoms with Crippen LogP contribution in [0.25, 0.3) is 10.8 Å². The molecule has 1 aliphatic rings. The maximum atomic E-state index is 9.50. The van der Waals surface area contributed by atoms with E-state index < -0.39 is 0 Å². The van der Waals surface area contributed by atoms with Crippen molar-refractivity contribution in [1.82, 2.24) is 9.97 Å². The lowest BCUT2D eigenvalue weighted by Crippen LogP contribution is -2.32. The van der Waals surface area contributed by atoms with Crippen LogP contribution < -0.4 is 10.2 Å². The molecule has 4 rings (SSSR count). The van der Waals surface area contributed by atoms with Gasteiger partial charge in [-0.25, -0.2) is 9.97 Å². The number of hydrogen-bond acceptors (Lipinski definition) is 5. The molecule has 1 unspecified atom stereocenters. The molecule has 2 aromatic carbocycles. The largest absolute Gasteiger partial charge is 0.394 e. The summed E-state index contributed by atoms with van der Waals surface area (Å²) in [6.07, 6.45) is 3.69. The Morgan fingerprint density at radius 3 is 2.84 bits per heavy atom. The molecule has 128 valence electrons. The molecular weight excluding hydrogens is 312 g/mol. The molecule has 1 aromatic heterocycles. The number of aromatic nitrogens is 2. The zero-order chi connectivity index (χ0) is 17.1. The van der Waals surface area contributed by atoms with E-state index in [1.54, 1.807) is 6.33 Å². The zero-order valence-corrected chi connectivity index (χ0v) is 14.1. The van der Waals surface area contributed by atoms with Crippen molar-refractivity contribution in [1.29, 1.82) is 0 Å². The number of aliphatic hydroxyl groups is 1. The van der Waals surface area contributed by atoms with Crippen LogP contribution in [0, 0.1) is 0 Å². The first kappa shape index (κ1) is 15.8. The summed E-state index contributed by atoms with van der Waals surface area (Å²) in [6.45, 7) is 1.82. The number of nitrogens with one attached hydrogen (secondary N) is 1. The third-order valence-corrected chi connectivity index (χ3v) is 4.82. The van der Waals surface area contributed by atoms with Crippen molar-refractivity contribution < 1.29 is 5.11 Å². The SMILES string of the molecule is OCC1CCCN1c1cc(NCc2ccc3ccccc3c2)ncn1. The smallest absolute Gasteiger partial charge is 0.134 e. The van der Waals surface area contributed by atoms with E-state index in [-0.39, 0.29) is 12.6 Å². The minimum Gasteiger partial charge on any atom is -0.394 e. The molecule has 1 fully saturated rings. The van der Waals surface area contributed by atoms with Crippen LogP contribution in [-0.4, -0.2) is 34.3 Å². The molecule has 0 radical (unpaired) electrons. The lowest BCUT2D eigenvalue weighted by molar-refractivity contribution is 0.266. The van der Waals surface area contributed by atoms with Gasteiger partial charge >= 0.3 is 0 Å². The fourth-order valence-electron chi connectivity index (χ4n) is 3.47. The van der Waals surface area contributed by atoms with Crippen molar-refractivity contribution in [3.63, 3.8) is 0 Å². The number of hydrogen-bond donors (Lipinski definition) is 2. The number of rotatable bonds is 5. The van der Waals surface area contributed by atoms with Gasteiger partial charge in [0, 0.05) is 19.2 Å². The third kappa shape index (κ3) is 3.42. The summed E-state index contributed by atoms with van der Waals surface area (Å²) in [5.41, 5.74) is 1.22. The monoisotopic (exact) mass is 334 g/mol. The highest BCUT2D eigenvalue weighted by atomic mass is 16.3. The molecule has 0 saturated carbocycles. The predicted molar refractivity (Wildman–Crippen MR) is 101 cm³/mol. The Hall–Kier alpha value is -2.66. The van der Waals surface area contributed by atoms with Gasteiger partial charge in [-0.2, -0.15) is 0 Å². The van der Waals surface area contributed by atoms with Gasteiger partial charge in [0.25, 0.3) is 0 Å². The molecule has 3 aromatic rings. The quantitative estimate of drug-likeness (QED) is 0.750. The van der Waals surface area contributed by atoms with Crippen LogP contribution in [0.3, 0.4) is 0 Å². The minimum atomic E-state index is 0.170. The Bertz CT molecular complexity index is 867. The number of anilines is 2. The molecule has 0 bridgehead atoms. The van der Waals surface area contributed by atoms with Gasteiger partial charge in [-0.1, -0.05) is 36.4 Å². The maximum Gasteiger partial charge on any atom is 0.134 e. The van der Waals surface area contributed by atoms with Crippen molar-refractivity contribution in [2.45, 2.75) is 25.4 Å². The molecule has 2 N–H and O–H groups in total. The Balaban J connectivity index is 1.48. The van der Waals surface area contributed by atoms with Crippen LogP contribution >= 0.6 is 0 Å². The Labute approximate surface area is 147 Å². The summed E-state index contributed by atoms with van der Waals surface area (Å²) in [6, 6.07) is 17.0. The Kier molecular flexibility index (Phi) is 4.48. The molecule has 1 atom stereocenters. The fourth-order valence-corrected chi connectivity index (χ4v) is 3.47. The summed E-state index contributed by atoms with van der Waals surface area (Å²) >= 11 is 0. The average molecular weight is 334 g/mol. The molecular formula is C20H22N4O. The summed E-state index contributed by atoms with van der Waals surface area (Å²) in [5.74, 6) is 1.69. The summed E-state index contributed by atoms with van der Waals surface area (Å²) in [5, 5.41) is 15.4. The number of aliphatic hydroxyl groups excluding tert-OH is 1. The van der Waals surface area contributed by atoms with E-state index in [0.717, 1.165) is 31.0 Å². The third-order valence-electron chi connectivity index (χ3n) is 4.82. The molecule has 1 saturated heterocycles. The standard InChI is InChI=1S/C20H22N4O/c25-13-18-6-3-9-24(18)20-11-19(22-14-23-20)21-12-15-7-8-16-4-1-2-5-17(16)10-15/h1-2,4-5,7-8,10-11,14,18,25H,3,6,9,12-13H2,(H,21,22,23). The topological polar surface area (TPSA) is 61.3 Å². The second-order valence-corrected chi connectivity index (χ2v) is 6.47. The van der Waals surface area contributed by atoms with Gasteiger partial charge in [-0.05, 0) is 35.2 Å². The van der Waals surface area contributed by atoms with E-state index in [1.165, 1.54) is 16.3 Å². The van der Waals surface area contributed by atoms with Crippen molar-refractivity contribution in [2.75, 3.05) is 23.4 Å². The van der Waals surface area contributed by atoms with Gasteiger partial charge in [0.05, 0.1) is 12.6 Å². The molecule has 0 aliphatic carbocycles. The number of benzene rings is 2. The highest BCUT2D eigenvalue weighted by Gasteiger charge is 2.25. The molecule has 5 heteroatoms. The first-order valence-electron chi connectivity index (χ1n) is 8.74. The lowest BCUT2D eigenvalue weighted by Gasteiger charge is -2.24. The van der Waals surface area contributed by atoms with Crippen molar-refractivity contribution >= 4 is 22.4 Å². The van der Waals surface area contributed by atoms with E-state index >= 15 is 0 Å². The predicted octanol–water partition coefficient (Wildman–Crippen LogP) is 3.20. The normalized spacial score (nSPS) is 17.2. The average Bonchev–Trinajstić information content (AvgIpc) is 3.15. The van der Waals surface area contributed by atoms with Crippen molar-refractivity contribution in [3.8, 4) is 0 Å². The molecule has 0 amide bonds. The van der Waals surface area contributed by atoms with E-state index in [2.05, 4.69) is 62.6 Å². The summed E-state index contributed by atoms with van der Waals surface area (Å²) < 4.78 is 0. The maximum absolute atomic E-state index is 9.50. The van der Waals surface area contributed by atoms with E-state index in [9.17, 15) is 5.11 Å².